The standard InChI is InChI=1S/C17H19N5O3/c23-16(9-18-17(24)12-4-2-1-3-5-12)21-7-6-15-14(10-21)22-13(11-25-15)8-19-20-22/h1-5,8,14-15H,6-7,9-11H2,(H,18,24). The summed E-state index contributed by atoms with van der Waals surface area (Å²) in [5, 5.41) is 10.7. The smallest absolute Gasteiger partial charge is 0.251 e. The Morgan fingerprint density at radius 2 is 2.12 bits per heavy atom. The van der Waals surface area contributed by atoms with Crippen molar-refractivity contribution in [3.63, 3.8) is 0 Å². The third kappa shape index (κ3) is 3.12. The average Bonchev–Trinajstić information content (AvgIpc) is 3.15. The van der Waals surface area contributed by atoms with E-state index in [0.717, 1.165) is 12.1 Å². The lowest BCUT2D eigenvalue weighted by Gasteiger charge is -2.41. The van der Waals surface area contributed by atoms with Gasteiger partial charge in [-0.2, -0.15) is 0 Å². The van der Waals surface area contributed by atoms with Crippen LogP contribution in [0.3, 0.4) is 0 Å². The second-order valence-corrected chi connectivity index (χ2v) is 6.26. The van der Waals surface area contributed by atoms with Gasteiger partial charge in [0.25, 0.3) is 5.91 Å². The van der Waals surface area contributed by atoms with Crippen molar-refractivity contribution >= 4 is 11.8 Å². The zero-order valence-electron chi connectivity index (χ0n) is 13.7. The monoisotopic (exact) mass is 341 g/mol. The van der Waals surface area contributed by atoms with E-state index in [1.807, 2.05) is 10.7 Å². The van der Waals surface area contributed by atoms with Gasteiger partial charge in [-0.05, 0) is 18.6 Å². The molecule has 1 saturated heterocycles. The van der Waals surface area contributed by atoms with E-state index >= 15 is 0 Å². The molecular weight excluding hydrogens is 322 g/mol. The van der Waals surface area contributed by atoms with Gasteiger partial charge in [-0.1, -0.05) is 23.4 Å². The molecule has 2 atom stereocenters. The number of aromatic nitrogens is 3. The summed E-state index contributed by atoms with van der Waals surface area (Å²) in [5.41, 5.74) is 1.47. The highest BCUT2D eigenvalue weighted by atomic mass is 16.5. The first-order valence-corrected chi connectivity index (χ1v) is 8.34. The van der Waals surface area contributed by atoms with Crippen LogP contribution in [0.5, 0.6) is 0 Å². The molecule has 1 fully saturated rings. The van der Waals surface area contributed by atoms with Gasteiger partial charge < -0.3 is 15.0 Å². The molecule has 4 rings (SSSR count). The Morgan fingerprint density at radius 3 is 2.96 bits per heavy atom. The number of nitrogens with zero attached hydrogens (tertiary/aromatic N) is 4. The summed E-state index contributed by atoms with van der Waals surface area (Å²) >= 11 is 0. The highest BCUT2D eigenvalue weighted by Gasteiger charge is 2.37. The maximum absolute atomic E-state index is 12.5. The predicted octanol–water partition coefficient (Wildman–Crippen LogP) is 0.380. The largest absolute Gasteiger partial charge is 0.370 e. The van der Waals surface area contributed by atoms with Gasteiger partial charge in [-0.3, -0.25) is 9.59 Å². The molecule has 0 aliphatic carbocycles. The van der Waals surface area contributed by atoms with E-state index in [2.05, 4.69) is 15.6 Å². The van der Waals surface area contributed by atoms with Crippen molar-refractivity contribution in [1.82, 2.24) is 25.2 Å². The minimum absolute atomic E-state index is 0.0177. The van der Waals surface area contributed by atoms with E-state index in [4.69, 9.17) is 4.74 Å². The fourth-order valence-corrected chi connectivity index (χ4v) is 3.36. The molecule has 0 radical (unpaired) electrons. The minimum Gasteiger partial charge on any atom is -0.370 e. The molecule has 1 N–H and O–H groups in total. The van der Waals surface area contributed by atoms with Crippen molar-refractivity contribution in [2.75, 3.05) is 19.6 Å². The maximum Gasteiger partial charge on any atom is 0.251 e. The van der Waals surface area contributed by atoms with Gasteiger partial charge in [0.1, 0.15) is 0 Å². The van der Waals surface area contributed by atoms with Crippen molar-refractivity contribution in [3.05, 3.63) is 47.8 Å². The molecule has 1 aromatic heterocycles. The van der Waals surface area contributed by atoms with Crippen LogP contribution in [-0.2, 0) is 16.1 Å². The van der Waals surface area contributed by atoms with Gasteiger partial charge in [0.15, 0.2) is 0 Å². The Kier molecular flexibility index (Phi) is 4.19. The number of ether oxygens (including phenoxy) is 1. The fourth-order valence-electron chi connectivity index (χ4n) is 3.36. The van der Waals surface area contributed by atoms with Crippen LogP contribution in [-0.4, -0.2) is 57.4 Å². The zero-order valence-corrected chi connectivity index (χ0v) is 13.7. The molecule has 2 aromatic rings. The number of hydrogen-bond acceptors (Lipinski definition) is 5. The topological polar surface area (TPSA) is 89.3 Å². The summed E-state index contributed by atoms with van der Waals surface area (Å²) in [6.07, 6.45) is 2.50. The molecule has 2 aliphatic heterocycles. The zero-order chi connectivity index (χ0) is 17.2. The molecular formula is C17H19N5O3. The van der Waals surface area contributed by atoms with E-state index in [0.29, 0.717) is 25.3 Å². The van der Waals surface area contributed by atoms with Crippen LogP contribution in [0.1, 0.15) is 28.5 Å². The lowest BCUT2D eigenvalue weighted by Crippen LogP contribution is -2.51. The van der Waals surface area contributed by atoms with E-state index in [9.17, 15) is 9.59 Å². The van der Waals surface area contributed by atoms with Gasteiger partial charge in [-0.25, -0.2) is 4.68 Å². The lowest BCUT2D eigenvalue weighted by molar-refractivity contribution is -0.136. The number of piperidine rings is 1. The number of amides is 2. The number of fused-ring (bicyclic) bond motifs is 3. The Bertz CT molecular complexity index is 776. The number of carbonyl (C=O) groups is 2. The molecule has 25 heavy (non-hydrogen) atoms. The predicted molar refractivity (Wildman–Crippen MR) is 87.6 cm³/mol. The molecule has 130 valence electrons. The van der Waals surface area contributed by atoms with E-state index in [-0.39, 0.29) is 30.5 Å². The van der Waals surface area contributed by atoms with Crippen molar-refractivity contribution < 1.29 is 14.3 Å². The van der Waals surface area contributed by atoms with Crippen LogP contribution >= 0.6 is 0 Å². The lowest BCUT2D eigenvalue weighted by atomic mass is 10.0. The highest BCUT2D eigenvalue weighted by molar-refractivity contribution is 5.96. The van der Waals surface area contributed by atoms with Gasteiger partial charge >= 0.3 is 0 Å². The third-order valence-corrected chi connectivity index (χ3v) is 4.72. The average molecular weight is 341 g/mol. The van der Waals surface area contributed by atoms with Crippen LogP contribution in [0.4, 0.5) is 0 Å². The summed E-state index contributed by atoms with van der Waals surface area (Å²) in [6, 6.07) is 8.85. The minimum atomic E-state index is -0.247. The molecule has 2 unspecified atom stereocenters. The second-order valence-electron chi connectivity index (χ2n) is 6.26. The van der Waals surface area contributed by atoms with Gasteiger partial charge in [0.05, 0.1) is 37.2 Å². The second kappa shape index (κ2) is 6.64. The fraction of sp³-hybridized carbons (Fsp3) is 0.412. The number of likely N-dealkylation sites (tertiary alicyclic amines) is 1. The maximum atomic E-state index is 12.5. The summed E-state index contributed by atoms with van der Waals surface area (Å²) in [4.78, 5) is 26.3. The first-order valence-electron chi connectivity index (χ1n) is 8.34. The van der Waals surface area contributed by atoms with Crippen LogP contribution in [0.2, 0.25) is 0 Å². The Balaban J connectivity index is 1.37. The van der Waals surface area contributed by atoms with Crippen LogP contribution in [0.25, 0.3) is 0 Å². The molecule has 2 amide bonds. The van der Waals surface area contributed by atoms with E-state index < -0.39 is 0 Å². The normalized spacial score (nSPS) is 22.0. The van der Waals surface area contributed by atoms with Crippen LogP contribution < -0.4 is 5.32 Å². The molecule has 8 heteroatoms. The van der Waals surface area contributed by atoms with Crippen LogP contribution in [0.15, 0.2) is 36.5 Å². The van der Waals surface area contributed by atoms with Crippen molar-refractivity contribution in [2.45, 2.75) is 25.2 Å². The first-order chi connectivity index (χ1) is 12.2. The van der Waals surface area contributed by atoms with Crippen molar-refractivity contribution in [1.29, 1.82) is 0 Å². The molecule has 0 saturated carbocycles. The summed E-state index contributed by atoms with van der Waals surface area (Å²) in [5.74, 6) is -0.349. The number of nitrogens with one attached hydrogen (secondary N) is 1. The quantitative estimate of drug-likeness (QED) is 0.872. The van der Waals surface area contributed by atoms with Crippen LogP contribution in [0, 0.1) is 0 Å². The third-order valence-electron chi connectivity index (χ3n) is 4.72. The number of hydrogen-bond donors (Lipinski definition) is 1. The summed E-state index contributed by atoms with van der Waals surface area (Å²) < 4.78 is 7.70. The molecule has 1 aromatic carbocycles. The summed E-state index contributed by atoms with van der Waals surface area (Å²) in [7, 11) is 0. The van der Waals surface area contributed by atoms with Crippen molar-refractivity contribution in [2.24, 2.45) is 0 Å². The van der Waals surface area contributed by atoms with Crippen molar-refractivity contribution in [3.8, 4) is 0 Å². The van der Waals surface area contributed by atoms with Gasteiger partial charge in [-0.15, -0.1) is 5.10 Å². The molecule has 8 nitrogen and oxygen atoms in total. The molecule has 2 aliphatic rings. The highest BCUT2D eigenvalue weighted by Crippen LogP contribution is 2.29. The molecule has 3 heterocycles. The Labute approximate surface area is 144 Å². The van der Waals surface area contributed by atoms with E-state index in [1.165, 1.54) is 0 Å². The first kappa shape index (κ1) is 15.8. The molecule has 0 spiro atoms. The Morgan fingerprint density at radius 1 is 1.28 bits per heavy atom. The van der Waals surface area contributed by atoms with E-state index in [1.54, 1.807) is 35.4 Å². The molecule has 0 bridgehead atoms. The van der Waals surface area contributed by atoms with Gasteiger partial charge in [0.2, 0.25) is 5.91 Å². The Hall–Kier alpha value is -2.74. The number of carbonyl (C=O) groups excluding carboxylic acids is 2. The SMILES string of the molecule is O=C(NCC(=O)N1CCC2OCc3cnnn3C2C1)c1ccccc1. The van der Waals surface area contributed by atoms with Gasteiger partial charge in [0, 0.05) is 18.7 Å². The number of benzene rings is 1. The summed E-state index contributed by atoms with van der Waals surface area (Å²) in [6.45, 7) is 1.62. The number of rotatable bonds is 3.